The highest BCUT2D eigenvalue weighted by Gasteiger charge is 2.31. The molecule has 1 heterocycles. The number of rotatable bonds is 6. The number of benzene rings is 2. The molecule has 2 aliphatic rings. The van der Waals surface area contributed by atoms with E-state index in [0.717, 1.165) is 5.92 Å². The van der Waals surface area contributed by atoms with Gasteiger partial charge in [-0.15, -0.1) is 0 Å². The van der Waals surface area contributed by atoms with Crippen LogP contribution in [0.1, 0.15) is 49.3 Å². The zero-order chi connectivity index (χ0) is 18.3. The van der Waals surface area contributed by atoms with Gasteiger partial charge < -0.3 is 4.90 Å². The van der Waals surface area contributed by atoms with E-state index in [9.17, 15) is 0 Å². The van der Waals surface area contributed by atoms with Crippen molar-refractivity contribution in [3.05, 3.63) is 71.8 Å². The molecule has 2 nitrogen and oxygen atoms in total. The lowest BCUT2D eigenvalue weighted by Crippen LogP contribution is -2.49. The molecule has 2 aromatic carbocycles. The standard InChI is InChI=1S/C25H34N2/c1-4-10-22(11-5-1)16-17-26-18-20-27(21-19-26)25(23-12-6-2-7-13-23)24-14-8-3-9-15-24/h1-2,4-7,10-13,24-25H,3,8-9,14-21H2. The van der Waals surface area contributed by atoms with Gasteiger partial charge in [0.25, 0.3) is 0 Å². The second kappa shape index (κ2) is 9.52. The van der Waals surface area contributed by atoms with Crippen molar-refractivity contribution < 1.29 is 0 Å². The minimum atomic E-state index is 0.628. The fraction of sp³-hybridized carbons (Fsp3) is 0.520. The van der Waals surface area contributed by atoms with Gasteiger partial charge in [0.1, 0.15) is 0 Å². The predicted molar refractivity (Wildman–Crippen MR) is 114 cm³/mol. The van der Waals surface area contributed by atoms with Crippen molar-refractivity contribution in [3.8, 4) is 0 Å². The molecular weight excluding hydrogens is 328 g/mol. The summed E-state index contributed by atoms with van der Waals surface area (Å²) in [5, 5.41) is 0. The molecule has 1 aliphatic heterocycles. The normalized spacial score (nSPS) is 21.2. The van der Waals surface area contributed by atoms with E-state index in [0.29, 0.717) is 6.04 Å². The van der Waals surface area contributed by atoms with Crippen molar-refractivity contribution in [1.29, 1.82) is 0 Å². The lowest BCUT2D eigenvalue weighted by atomic mass is 9.80. The minimum Gasteiger partial charge on any atom is -0.300 e. The highest BCUT2D eigenvalue weighted by atomic mass is 15.3. The first-order chi connectivity index (χ1) is 13.4. The summed E-state index contributed by atoms with van der Waals surface area (Å²) >= 11 is 0. The Bertz CT molecular complexity index is 655. The van der Waals surface area contributed by atoms with Crippen molar-refractivity contribution in [2.75, 3.05) is 32.7 Å². The summed E-state index contributed by atoms with van der Waals surface area (Å²) in [6, 6.07) is 22.9. The molecule has 2 heteroatoms. The van der Waals surface area contributed by atoms with Gasteiger partial charge in [-0.3, -0.25) is 4.90 Å². The highest BCUT2D eigenvalue weighted by Crippen LogP contribution is 2.38. The maximum absolute atomic E-state index is 2.80. The van der Waals surface area contributed by atoms with Crippen LogP contribution in [0.15, 0.2) is 60.7 Å². The Balaban J connectivity index is 1.36. The molecule has 0 amide bonds. The maximum atomic E-state index is 2.80. The van der Waals surface area contributed by atoms with Crippen molar-refractivity contribution in [2.24, 2.45) is 5.92 Å². The third-order valence-electron chi connectivity index (χ3n) is 6.60. The molecule has 0 N–H and O–H groups in total. The number of nitrogens with zero attached hydrogens (tertiary/aromatic N) is 2. The van der Waals surface area contributed by atoms with Crippen LogP contribution in [0.3, 0.4) is 0 Å². The lowest BCUT2D eigenvalue weighted by Gasteiger charge is -2.43. The molecular formula is C25H34N2. The Kier molecular flexibility index (Phi) is 6.60. The molecule has 0 spiro atoms. The van der Waals surface area contributed by atoms with Gasteiger partial charge in [0.2, 0.25) is 0 Å². The van der Waals surface area contributed by atoms with E-state index in [2.05, 4.69) is 70.5 Å². The summed E-state index contributed by atoms with van der Waals surface area (Å²) in [4.78, 5) is 5.46. The van der Waals surface area contributed by atoms with Gasteiger partial charge in [0.05, 0.1) is 0 Å². The molecule has 4 rings (SSSR count). The van der Waals surface area contributed by atoms with E-state index >= 15 is 0 Å². The second-order valence-corrected chi connectivity index (χ2v) is 8.37. The Morgan fingerprint density at radius 1 is 0.741 bits per heavy atom. The summed E-state index contributed by atoms with van der Waals surface area (Å²) in [5.74, 6) is 0.844. The van der Waals surface area contributed by atoms with Crippen LogP contribution in [-0.2, 0) is 6.42 Å². The highest BCUT2D eigenvalue weighted by molar-refractivity contribution is 5.20. The third kappa shape index (κ3) is 5.00. The molecule has 1 saturated carbocycles. The van der Waals surface area contributed by atoms with Crippen molar-refractivity contribution >= 4 is 0 Å². The van der Waals surface area contributed by atoms with Gasteiger partial charge in [-0.25, -0.2) is 0 Å². The summed E-state index contributed by atoms with van der Waals surface area (Å²) in [7, 11) is 0. The minimum absolute atomic E-state index is 0.628. The average Bonchev–Trinajstić information content (AvgIpc) is 2.76. The summed E-state index contributed by atoms with van der Waals surface area (Å²) in [6.07, 6.45) is 8.27. The Labute approximate surface area is 165 Å². The van der Waals surface area contributed by atoms with Gasteiger partial charge in [-0.2, -0.15) is 0 Å². The van der Waals surface area contributed by atoms with E-state index < -0.39 is 0 Å². The first kappa shape index (κ1) is 18.7. The molecule has 0 aromatic heterocycles. The summed E-state index contributed by atoms with van der Waals surface area (Å²) in [6.45, 7) is 6.04. The molecule has 1 aliphatic carbocycles. The Morgan fingerprint density at radius 3 is 2.04 bits per heavy atom. The number of piperazine rings is 1. The van der Waals surface area contributed by atoms with Crippen LogP contribution in [0.2, 0.25) is 0 Å². The zero-order valence-corrected chi connectivity index (χ0v) is 16.6. The molecule has 0 bridgehead atoms. The topological polar surface area (TPSA) is 6.48 Å². The molecule has 2 fully saturated rings. The van der Waals surface area contributed by atoms with Gasteiger partial charge in [0.15, 0.2) is 0 Å². The van der Waals surface area contributed by atoms with Crippen LogP contribution in [0.4, 0.5) is 0 Å². The number of hydrogen-bond donors (Lipinski definition) is 0. The van der Waals surface area contributed by atoms with E-state index in [1.165, 1.54) is 76.8 Å². The maximum Gasteiger partial charge on any atom is 0.0377 e. The largest absolute Gasteiger partial charge is 0.300 e. The molecule has 1 saturated heterocycles. The van der Waals surface area contributed by atoms with E-state index in [-0.39, 0.29) is 0 Å². The Morgan fingerprint density at radius 2 is 1.37 bits per heavy atom. The van der Waals surface area contributed by atoms with Crippen LogP contribution in [-0.4, -0.2) is 42.5 Å². The fourth-order valence-corrected chi connectivity index (χ4v) is 5.08. The van der Waals surface area contributed by atoms with Gasteiger partial charge >= 0.3 is 0 Å². The van der Waals surface area contributed by atoms with Crippen molar-refractivity contribution in [1.82, 2.24) is 9.80 Å². The van der Waals surface area contributed by atoms with Crippen LogP contribution < -0.4 is 0 Å². The molecule has 0 radical (unpaired) electrons. The van der Waals surface area contributed by atoms with Gasteiger partial charge in [-0.1, -0.05) is 79.9 Å². The molecule has 2 aromatic rings. The van der Waals surface area contributed by atoms with Crippen LogP contribution >= 0.6 is 0 Å². The molecule has 144 valence electrons. The van der Waals surface area contributed by atoms with Gasteiger partial charge in [0, 0.05) is 38.8 Å². The Hall–Kier alpha value is -1.64. The predicted octanol–water partition coefficient (Wildman–Crippen LogP) is 5.17. The first-order valence-corrected chi connectivity index (χ1v) is 11.0. The molecule has 27 heavy (non-hydrogen) atoms. The van der Waals surface area contributed by atoms with Gasteiger partial charge in [-0.05, 0) is 36.3 Å². The quantitative estimate of drug-likeness (QED) is 0.699. The van der Waals surface area contributed by atoms with Crippen LogP contribution in [0.5, 0.6) is 0 Å². The summed E-state index contributed by atoms with van der Waals surface area (Å²) in [5.41, 5.74) is 3.01. The average molecular weight is 363 g/mol. The monoisotopic (exact) mass is 362 g/mol. The van der Waals surface area contributed by atoms with E-state index in [1.54, 1.807) is 5.56 Å². The smallest absolute Gasteiger partial charge is 0.0377 e. The van der Waals surface area contributed by atoms with Crippen molar-refractivity contribution in [3.63, 3.8) is 0 Å². The fourth-order valence-electron chi connectivity index (χ4n) is 5.08. The zero-order valence-electron chi connectivity index (χ0n) is 16.6. The first-order valence-electron chi connectivity index (χ1n) is 11.0. The van der Waals surface area contributed by atoms with Crippen molar-refractivity contribution in [2.45, 2.75) is 44.6 Å². The number of hydrogen-bond acceptors (Lipinski definition) is 2. The SMILES string of the molecule is c1ccc(CCN2CCN(C(c3ccccc3)C3CCCCC3)CC2)cc1. The van der Waals surface area contributed by atoms with E-state index in [4.69, 9.17) is 0 Å². The van der Waals surface area contributed by atoms with Crippen LogP contribution in [0.25, 0.3) is 0 Å². The summed E-state index contributed by atoms with van der Waals surface area (Å²) < 4.78 is 0. The van der Waals surface area contributed by atoms with Crippen LogP contribution in [0, 0.1) is 5.92 Å². The second-order valence-electron chi connectivity index (χ2n) is 8.37. The molecule has 1 unspecified atom stereocenters. The lowest BCUT2D eigenvalue weighted by molar-refractivity contribution is 0.0580. The molecule has 1 atom stereocenters. The van der Waals surface area contributed by atoms with E-state index in [1.807, 2.05) is 0 Å². The third-order valence-corrected chi connectivity index (χ3v) is 6.60.